The van der Waals surface area contributed by atoms with Gasteiger partial charge in [-0.25, -0.2) is 9.07 Å². The van der Waals surface area contributed by atoms with Gasteiger partial charge in [0.05, 0.1) is 6.54 Å². The standard InChI is InChI=1S/C18H20FN5S/c19-15-8-6-14(7-9-15)13-24-18(20-21-22-24)17(16-5-4-12-25-16)23-10-2-1-3-11-23/h4-9,12,17H,1-3,10-11,13H2/t17-/m1/s1. The van der Waals surface area contributed by atoms with Crippen molar-refractivity contribution < 1.29 is 4.39 Å². The van der Waals surface area contributed by atoms with Crippen molar-refractivity contribution >= 4 is 11.3 Å². The van der Waals surface area contributed by atoms with Gasteiger partial charge < -0.3 is 0 Å². The van der Waals surface area contributed by atoms with E-state index in [9.17, 15) is 4.39 Å². The van der Waals surface area contributed by atoms with Crippen LogP contribution in [0.25, 0.3) is 0 Å². The monoisotopic (exact) mass is 357 g/mol. The predicted octanol–water partition coefficient (Wildman–Crippen LogP) is 3.50. The molecule has 0 amide bonds. The first kappa shape index (κ1) is 16.4. The summed E-state index contributed by atoms with van der Waals surface area (Å²) in [5, 5.41) is 14.6. The molecule has 3 heterocycles. The Labute approximate surface area is 150 Å². The van der Waals surface area contributed by atoms with Crippen LogP contribution in [0.2, 0.25) is 0 Å². The first-order chi connectivity index (χ1) is 12.3. The fourth-order valence-electron chi connectivity index (χ4n) is 3.38. The van der Waals surface area contributed by atoms with Crippen molar-refractivity contribution in [2.24, 2.45) is 0 Å². The number of piperidine rings is 1. The second-order valence-corrected chi connectivity index (χ2v) is 7.32. The normalized spacial score (nSPS) is 16.8. The number of hydrogen-bond acceptors (Lipinski definition) is 5. The lowest BCUT2D eigenvalue weighted by Crippen LogP contribution is -2.35. The summed E-state index contributed by atoms with van der Waals surface area (Å²) in [6, 6.07) is 10.8. The Balaban J connectivity index is 1.65. The summed E-state index contributed by atoms with van der Waals surface area (Å²) in [4.78, 5) is 3.74. The molecule has 0 radical (unpaired) electrons. The summed E-state index contributed by atoms with van der Waals surface area (Å²) >= 11 is 1.74. The first-order valence-electron chi connectivity index (χ1n) is 8.59. The van der Waals surface area contributed by atoms with E-state index >= 15 is 0 Å². The van der Waals surface area contributed by atoms with E-state index < -0.39 is 0 Å². The van der Waals surface area contributed by atoms with Gasteiger partial charge in [-0.05, 0) is 65.5 Å². The van der Waals surface area contributed by atoms with Crippen molar-refractivity contribution in [3.05, 3.63) is 63.9 Å². The molecule has 4 rings (SSSR count). The highest BCUT2D eigenvalue weighted by atomic mass is 32.1. The van der Waals surface area contributed by atoms with Crippen LogP contribution in [0.15, 0.2) is 41.8 Å². The largest absolute Gasteiger partial charge is 0.289 e. The van der Waals surface area contributed by atoms with E-state index in [1.807, 2.05) is 4.68 Å². The summed E-state index contributed by atoms with van der Waals surface area (Å²) in [5.41, 5.74) is 0.985. The third-order valence-electron chi connectivity index (χ3n) is 4.62. The number of nitrogens with zero attached hydrogens (tertiary/aromatic N) is 5. The number of rotatable bonds is 5. The summed E-state index contributed by atoms with van der Waals surface area (Å²) in [6.07, 6.45) is 3.71. The SMILES string of the molecule is Fc1ccc(Cn2nnnc2[C@@H](c2cccs2)N2CCCCC2)cc1. The molecule has 1 aromatic carbocycles. The number of hydrogen-bond donors (Lipinski definition) is 0. The molecular weight excluding hydrogens is 337 g/mol. The predicted molar refractivity (Wildman–Crippen MR) is 94.9 cm³/mol. The first-order valence-corrected chi connectivity index (χ1v) is 9.47. The molecule has 0 aliphatic carbocycles. The minimum absolute atomic E-state index is 0.0794. The Morgan fingerprint density at radius 2 is 1.88 bits per heavy atom. The average molecular weight is 357 g/mol. The molecule has 1 fully saturated rings. The highest BCUT2D eigenvalue weighted by molar-refractivity contribution is 7.10. The second-order valence-electron chi connectivity index (χ2n) is 6.34. The van der Waals surface area contributed by atoms with Crippen molar-refractivity contribution in [2.75, 3.05) is 13.1 Å². The fraction of sp³-hybridized carbons (Fsp3) is 0.389. The van der Waals surface area contributed by atoms with Crippen LogP contribution in [0, 0.1) is 5.82 Å². The lowest BCUT2D eigenvalue weighted by molar-refractivity contribution is 0.180. The van der Waals surface area contributed by atoms with Crippen LogP contribution >= 0.6 is 11.3 Å². The summed E-state index contributed by atoms with van der Waals surface area (Å²) in [7, 11) is 0. The molecule has 3 aromatic rings. The zero-order valence-corrected chi connectivity index (χ0v) is 14.7. The molecule has 7 heteroatoms. The minimum Gasteiger partial charge on any atom is -0.289 e. The maximum absolute atomic E-state index is 13.1. The van der Waals surface area contributed by atoms with Gasteiger partial charge >= 0.3 is 0 Å². The Hall–Kier alpha value is -2.12. The van der Waals surface area contributed by atoms with Gasteiger partial charge in [0.25, 0.3) is 0 Å². The topological polar surface area (TPSA) is 46.8 Å². The number of benzene rings is 1. The average Bonchev–Trinajstić information content (AvgIpc) is 3.32. The van der Waals surface area contributed by atoms with E-state index in [1.165, 1.54) is 36.3 Å². The van der Waals surface area contributed by atoms with Gasteiger partial charge in [0.2, 0.25) is 0 Å². The van der Waals surface area contributed by atoms with Crippen LogP contribution in [0.3, 0.4) is 0 Å². The van der Waals surface area contributed by atoms with Crippen molar-refractivity contribution in [1.82, 2.24) is 25.1 Å². The lowest BCUT2D eigenvalue weighted by Gasteiger charge is -2.33. The van der Waals surface area contributed by atoms with Crippen LogP contribution in [0.5, 0.6) is 0 Å². The molecule has 25 heavy (non-hydrogen) atoms. The van der Waals surface area contributed by atoms with E-state index in [0.717, 1.165) is 24.5 Å². The van der Waals surface area contributed by atoms with Gasteiger partial charge in [0, 0.05) is 4.88 Å². The lowest BCUT2D eigenvalue weighted by atomic mass is 10.1. The molecule has 5 nitrogen and oxygen atoms in total. The number of likely N-dealkylation sites (tertiary alicyclic amines) is 1. The fourth-order valence-corrected chi connectivity index (χ4v) is 4.23. The quantitative estimate of drug-likeness (QED) is 0.701. The summed E-state index contributed by atoms with van der Waals surface area (Å²) in [5.74, 6) is 0.624. The number of thiophene rings is 1. The Morgan fingerprint density at radius 3 is 2.60 bits per heavy atom. The van der Waals surface area contributed by atoms with Gasteiger partial charge in [-0.3, -0.25) is 4.90 Å². The summed E-state index contributed by atoms with van der Waals surface area (Å²) < 4.78 is 15.0. The molecule has 0 saturated carbocycles. The van der Waals surface area contributed by atoms with E-state index in [4.69, 9.17) is 0 Å². The molecule has 0 unspecified atom stereocenters. The smallest absolute Gasteiger partial charge is 0.174 e. The molecule has 1 atom stereocenters. The van der Waals surface area contributed by atoms with Crippen molar-refractivity contribution in [3.63, 3.8) is 0 Å². The molecule has 0 spiro atoms. The molecular formula is C18H20FN5S. The Morgan fingerprint density at radius 1 is 1.08 bits per heavy atom. The third kappa shape index (κ3) is 3.62. The Kier molecular flexibility index (Phi) is 4.85. The van der Waals surface area contributed by atoms with Crippen molar-refractivity contribution in [2.45, 2.75) is 31.8 Å². The molecule has 0 bridgehead atoms. The molecule has 0 N–H and O–H groups in total. The minimum atomic E-state index is -0.231. The van der Waals surface area contributed by atoms with Crippen LogP contribution < -0.4 is 0 Å². The third-order valence-corrected chi connectivity index (χ3v) is 5.54. The molecule has 130 valence electrons. The highest BCUT2D eigenvalue weighted by Crippen LogP contribution is 2.32. The van der Waals surface area contributed by atoms with Crippen LogP contribution in [0.4, 0.5) is 4.39 Å². The zero-order valence-electron chi connectivity index (χ0n) is 13.9. The number of aromatic nitrogens is 4. The molecule has 2 aromatic heterocycles. The van der Waals surface area contributed by atoms with Gasteiger partial charge in [-0.15, -0.1) is 16.4 Å². The highest BCUT2D eigenvalue weighted by Gasteiger charge is 2.29. The van der Waals surface area contributed by atoms with E-state index in [2.05, 4.69) is 37.9 Å². The van der Waals surface area contributed by atoms with Crippen molar-refractivity contribution in [3.8, 4) is 0 Å². The van der Waals surface area contributed by atoms with Gasteiger partial charge in [0.15, 0.2) is 5.82 Å². The van der Waals surface area contributed by atoms with Gasteiger partial charge in [0.1, 0.15) is 11.9 Å². The number of tetrazole rings is 1. The van der Waals surface area contributed by atoms with Crippen molar-refractivity contribution in [1.29, 1.82) is 0 Å². The van der Waals surface area contributed by atoms with Crippen LogP contribution in [0.1, 0.15) is 41.6 Å². The van der Waals surface area contributed by atoms with E-state index in [0.29, 0.717) is 6.54 Å². The van der Waals surface area contributed by atoms with E-state index in [1.54, 1.807) is 23.5 Å². The van der Waals surface area contributed by atoms with Gasteiger partial charge in [-0.2, -0.15) is 0 Å². The maximum atomic E-state index is 13.1. The zero-order chi connectivity index (χ0) is 17.1. The van der Waals surface area contributed by atoms with Gasteiger partial charge in [-0.1, -0.05) is 24.6 Å². The maximum Gasteiger partial charge on any atom is 0.174 e. The molecule has 1 aliphatic heterocycles. The van der Waals surface area contributed by atoms with Crippen LogP contribution in [-0.2, 0) is 6.54 Å². The summed E-state index contributed by atoms with van der Waals surface area (Å²) in [6.45, 7) is 2.66. The Bertz CT molecular complexity index is 793. The van der Waals surface area contributed by atoms with Crippen LogP contribution in [-0.4, -0.2) is 38.2 Å². The molecule has 1 aliphatic rings. The number of halogens is 1. The molecule has 1 saturated heterocycles. The van der Waals surface area contributed by atoms with E-state index in [-0.39, 0.29) is 11.9 Å². The second kappa shape index (κ2) is 7.41.